The van der Waals surface area contributed by atoms with Crippen molar-refractivity contribution >= 4 is 16.6 Å². The summed E-state index contributed by atoms with van der Waals surface area (Å²) in [6, 6.07) is 3.88. The van der Waals surface area contributed by atoms with E-state index in [1.807, 2.05) is 12.1 Å². The van der Waals surface area contributed by atoms with Crippen LogP contribution in [0, 0.1) is 17.2 Å². The Balaban J connectivity index is 2.03. The van der Waals surface area contributed by atoms with Gasteiger partial charge in [0.2, 0.25) is 0 Å². The van der Waals surface area contributed by atoms with Crippen molar-refractivity contribution in [2.75, 3.05) is 24.6 Å². The van der Waals surface area contributed by atoms with E-state index < -0.39 is 0 Å². The van der Waals surface area contributed by atoms with Crippen molar-refractivity contribution < 1.29 is 5.11 Å². The first kappa shape index (κ1) is 14.5. The van der Waals surface area contributed by atoms with Gasteiger partial charge < -0.3 is 15.0 Å². The second kappa shape index (κ2) is 6.16. The highest BCUT2D eigenvalue weighted by atomic mass is 16.3. The number of rotatable bonds is 3. The van der Waals surface area contributed by atoms with Crippen LogP contribution < -0.4 is 10.5 Å². The van der Waals surface area contributed by atoms with E-state index in [2.05, 4.69) is 14.9 Å². The van der Waals surface area contributed by atoms with Gasteiger partial charge in [-0.25, -0.2) is 0 Å². The van der Waals surface area contributed by atoms with E-state index >= 15 is 0 Å². The number of fused-ring (bicyclic) bond motifs is 1. The summed E-state index contributed by atoms with van der Waals surface area (Å²) in [4.78, 5) is 21.0. The number of piperidine rings is 1. The number of aliphatic hydroxyl groups excluding tert-OH is 1. The number of aromatic amines is 1. The van der Waals surface area contributed by atoms with Crippen LogP contribution in [0.15, 0.2) is 23.3 Å². The number of hydrogen-bond donors (Lipinski definition) is 2. The lowest BCUT2D eigenvalue weighted by molar-refractivity contribution is 0.240. The lowest BCUT2D eigenvalue weighted by Crippen LogP contribution is -2.35. The lowest BCUT2D eigenvalue weighted by Gasteiger charge is -2.34. The number of hydrogen-bond acceptors (Lipinski definition) is 5. The first-order chi connectivity index (χ1) is 10.7. The van der Waals surface area contributed by atoms with Crippen molar-refractivity contribution in [1.29, 1.82) is 5.26 Å². The van der Waals surface area contributed by atoms with E-state index in [1.165, 1.54) is 0 Å². The topological polar surface area (TPSA) is 93.0 Å². The fourth-order valence-corrected chi connectivity index (χ4v) is 3.19. The highest BCUT2D eigenvalue weighted by Crippen LogP contribution is 2.31. The number of anilines is 1. The molecule has 0 radical (unpaired) electrons. The minimum atomic E-state index is -0.365. The number of aliphatic hydroxyl groups is 1. The molecule has 2 aromatic heterocycles. The highest BCUT2D eigenvalue weighted by molar-refractivity contribution is 5.93. The van der Waals surface area contributed by atoms with Crippen LogP contribution in [0.3, 0.4) is 0 Å². The Morgan fingerprint density at radius 1 is 1.45 bits per heavy atom. The molecule has 1 fully saturated rings. The van der Waals surface area contributed by atoms with Crippen molar-refractivity contribution in [2.24, 2.45) is 5.92 Å². The summed E-state index contributed by atoms with van der Waals surface area (Å²) < 4.78 is 0. The molecule has 0 atom stereocenters. The van der Waals surface area contributed by atoms with E-state index in [0.29, 0.717) is 17.1 Å². The SMILES string of the molecule is N#Cc1c(N2CCC(CCO)CC2)c2ccncc2[nH]c1=O. The molecular formula is C16H18N4O2. The van der Waals surface area contributed by atoms with E-state index in [1.54, 1.807) is 12.4 Å². The van der Waals surface area contributed by atoms with Crippen LogP contribution >= 0.6 is 0 Å². The molecule has 6 heteroatoms. The number of nitriles is 1. The molecule has 1 aliphatic heterocycles. The van der Waals surface area contributed by atoms with Gasteiger partial charge in [0.1, 0.15) is 11.6 Å². The quantitative estimate of drug-likeness (QED) is 0.893. The molecule has 2 N–H and O–H groups in total. The fraction of sp³-hybridized carbons (Fsp3) is 0.438. The Morgan fingerprint density at radius 3 is 2.91 bits per heavy atom. The van der Waals surface area contributed by atoms with Crippen molar-refractivity contribution in [3.05, 3.63) is 34.4 Å². The average Bonchev–Trinajstić information content (AvgIpc) is 2.55. The normalized spacial score (nSPS) is 15.9. The van der Waals surface area contributed by atoms with Crippen LogP contribution in [0.2, 0.25) is 0 Å². The van der Waals surface area contributed by atoms with Crippen LogP contribution in [0.25, 0.3) is 10.9 Å². The van der Waals surface area contributed by atoms with Crippen molar-refractivity contribution in [2.45, 2.75) is 19.3 Å². The molecule has 2 aromatic rings. The Kier molecular flexibility index (Phi) is 4.07. The van der Waals surface area contributed by atoms with Gasteiger partial charge in [-0.15, -0.1) is 0 Å². The van der Waals surface area contributed by atoms with Gasteiger partial charge in [0.05, 0.1) is 17.4 Å². The van der Waals surface area contributed by atoms with Crippen molar-refractivity contribution in [1.82, 2.24) is 9.97 Å². The van der Waals surface area contributed by atoms with Crippen LogP contribution in [0.5, 0.6) is 0 Å². The van der Waals surface area contributed by atoms with Gasteiger partial charge in [0.15, 0.2) is 0 Å². The van der Waals surface area contributed by atoms with Gasteiger partial charge in [-0.1, -0.05) is 0 Å². The predicted octanol–water partition coefficient (Wildman–Crippen LogP) is 1.39. The van der Waals surface area contributed by atoms with Crippen LogP contribution in [0.4, 0.5) is 5.69 Å². The van der Waals surface area contributed by atoms with Gasteiger partial charge in [0, 0.05) is 31.3 Å². The summed E-state index contributed by atoms with van der Waals surface area (Å²) in [5.74, 6) is 0.515. The number of H-pyrrole nitrogens is 1. The summed E-state index contributed by atoms with van der Waals surface area (Å²) in [6.07, 6.45) is 6.03. The molecule has 114 valence electrons. The molecule has 1 saturated heterocycles. The predicted molar refractivity (Wildman–Crippen MR) is 83.7 cm³/mol. The number of aromatic nitrogens is 2. The third-order valence-corrected chi connectivity index (χ3v) is 4.37. The summed E-state index contributed by atoms with van der Waals surface area (Å²) in [5, 5.41) is 19.3. The highest BCUT2D eigenvalue weighted by Gasteiger charge is 2.24. The van der Waals surface area contributed by atoms with E-state index in [4.69, 9.17) is 5.11 Å². The van der Waals surface area contributed by atoms with Gasteiger partial charge in [0.25, 0.3) is 5.56 Å². The number of nitrogens with zero attached hydrogens (tertiary/aromatic N) is 3. The molecule has 22 heavy (non-hydrogen) atoms. The van der Waals surface area contributed by atoms with Gasteiger partial charge in [-0.05, 0) is 31.2 Å². The molecule has 0 aliphatic carbocycles. The number of nitrogens with one attached hydrogen (secondary N) is 1. The first-order valence-electron chi connectivity index (χ1n) is 7.50. The Bertz CT molecular complexity index is 770. The van der Waals surface area contributed by atoms with Gasteiger partial charge in [-0.2, -0.15) is 5.26 Å². The second-order valence-electron chi connectivity index (χ2n) is 5.65. The first-order valence-corrected chi connectivity index (χ1v) is 7.50. The maximum atomic E-state index is 12.1. The maximum absolute atomic E-state index is 12.1. The minimum Gasteiger partial charge on any atom is -0.396 e. The molecule has 0 unspecified atom stereocenters. The van der Waals surface area contributed by atoms with E-state index in [-0.39, 0.29) is 17.7 Å². The van der Waals surface area contributed by atoms with Crippen LogP contribution in [-0.2, 0) is 0 Å². The van der Waals surface area contributed by atoms with Gasteiger partial charge >= 0.3 is 0 Å². The Morgan fingerprint density at radius 2 is 2.23 bits per heavy atom. The summed E-state index contributed by atoms with van der Waals surface area (Å²) >= 11 is 0. The maximum Gasteiger partial charge on any atom is 0.268 e. The Labute approximate surface area is 128 Å². The summed E-state index contributed by atoms with van der Waals surface area (Å²) in [7, 11) is 0. The van der Waals surface area contributed by atoms with Crippen LogP contribution in [0.1, 0.15) is 24.8 Å². The summed E-state index contributed by atoms with van der Waals surface area (Å²) in [6.45, 7) is 1.80. The minimum absolute atomic E-state index is 0.166. The smallest absolute Gasteiger partial charge is 0.268 e. The largest absolute Gasteiger partial charge is 0.396 e. The monoisotopic (exact) mass is 298 g/mol. The van der Waals surface area contributed by atoms with Crippen LogP contribution in [-0.4, -0.2) is 34.8 Å². The van der Waals surface area contributed by atoms with E-state index in [9.17, 15) is 10.1 Å². The second-order valence-corrected chi connectivity index (χ2v) is 5.65. The zero-order valence-corrected chi connectivity index (χ0v) is 12.2. The molecule has 0 spiro atoms. The molecule has 6 nitrogen and oxygen atoms in total. The molecule has 3 heterocycles. The standard InChI is InChI=1S/C16H18N4O2/c17-9-13-15(20-6-2-11(3-7-20)4-8-21)12-1-5-18-10-14(12)19-16(13)22/h1,5,10-11,21H,2-4,6-8H2,(H,19,22). The molecule has 0 aromatic carbocycles. The van der Waals surface area contributed by atoms with Crippen molar-refractivity contribution in [3.8, 4) is 6.07 Å². The zero-order valence-electron chi connectivity index (χ0n) is 12.2. The van der Waals surface area contributed by atoms with Crippen molar-refractivity contribution in [3.63, 3.8) is 0 Å². The molecular weight excluding hydrogens is 280 g/mol. The molecule has 3 rings (SSSR count). The molecule has 0 bridgehead atoms. The fourth-order valence-electron chi connectivity index (χ4n) is 3.19. The van der Waals surface area contributed by atoms with E-state index in [0.717, 1.165) is 37.7 Å². The third kappa shape index (κ3) is 2.55. The number of pyridine rings is 2. The molecule has 1 aliphatic rings. The Hall–Kier alpha value is -2.39. The lowest BCUT2D eigenvalue weighted by atomic mass is 9.93. The van der Waals surface area contributed by atoms with Gasteiger partial charge in [-0.3, -0.25) is 9.78 Å². The third-order valence-electron chi connectivity index (χ3n) is 4.37. The molecule has 0 amide bonds. The molecule has 0 saturated carbocycles. The zero-order chi connectivity index (χ0) is 15.5. The summed E-state index contributed by atoms with van der Waals surface area (Å²) in [5.41, 5.74) is 1.17. The average molecular weight is 298 g/mol.